The molecule has 0 aliphatic heterocycles. The minimum atomic E-state index is -0.335. The quantitative estimate of drug-likeness (QED) is 0.397. The van der Waals surface area contributed by atoms with Crippen molar-refractivity contribution in [1.29, 1.82) is 0 Å². The molecule has 6 heteroatoms. The third-order valence-electron chi connectivity index (χ3n) is 3.06. The van der Waals surface area contributed by atoms with E-state index in [1.165, 1.54) is 6.92 Å². The van der Waals surface area contributed by atoms with Crippen LogP contribution in [0, 0.1) is 5.92 Å². The van der Waals surface area contributed by atoms with Crippen molar-refractivity contribution in [3.8, 4) is 11.5 Å². The van der Waals surface area contributed by atoms with E-state index in [4.69, 9.17) is 19.0 Å². The molecule has 0 amide bonds. The fraction of sp³-hybridized carbons (Fsp3) is 0.529. The summed E-state index contributed by atoms with van der Waals surface area (Å²) in [6.45, 7) is 5.68. The lowest BCUT2D eigenvalue weighted by Gasteiger charge is -2.16. The first-order valence-electron chi connectivity index (χ1n) is 7.51. The van der Waals surface area contributed by atoms with Crippen LogP contribution in [0.5, 0.6) is 11.5 Å². The summed E-state index contributed by atoms with van der Waals surface area (Å²) in [7, 11) is 3.16. The van der Waals surface area contributed by atoms with Gasteiger partial charge in [-0.1, -0.05) is 25.1 Å². The summed E-state index contributed by atoms with van der Waals surface area (Å²) in [4.78, 5) is 16.4. The first kappa shape index (κ1) is 18.8. The average Bonchev–Trinajstić information content (AvgIpc) is 2.51. The number of methoxy groups -OCH3 is 2. The zero-order chi connectivity index (χ0) is 17.2. The van der Waals surface area contributed by atoms with Crippen LogP contribution in [-0.2, 0) is 14.4 Å². The monoisotopic (exact) mass is 323 g/mol. The third-order valence-corrected chi connectivity index (χ3v) is 3.06. The maximum atomic E-state index is 10.9. The van der Waals surface area contributed by atoms with Crippen molar-refractivity contribution in [2.24, 2.45) is 11.1 Å². The molecular formula is C17H25NO5. The molecule has 0 N–H and O–H groups in total. The van der Waals surface area contributed by atoms with Crippen LogP contribution >= 0.6 is 0 Å². The van der Waals surface area contributed by atoms with E-state index in [0.717, 1.165) is 6.42 Å². The predicted octanol–water partition coefficient (Wildman–Crippen LogP) is 3.03. The summed E-state index contributed by atoms with van der Waals surface area (Å²) in [5.41, 5.74) is 0.688. The first-order chi connectivity index (χ1) is 11.0. The van der Waals surface area contributed by atoms with E-state index < -0.39 is 0 Å². The molecule has 0 aliphatic carbocycles. The summed E-state index contributed by atoms with van der Waals surface area (Å²) in [5, 5.41) is 4.01. The molecule has 0 aliphatic rings. The Bertz CT molecular complexity index is 505. The van der Waals surface area contributed by atoms with E-state index in [1.807, 2.05) is 18.2 Å². The molecule has 6 nitrogen and oxygen atoms in total. The Morgan fingerprint density at radius 3 is 2.30 bits per heavy atom. The van der Waals surface area contributed by atoms with E-state index in [0.29, 0.717) is 23.0 Å². The summed E-state index contributed by atoms with van der Waals surface area (Å²) in [6.07, 6.45) is 1.97. The summed E-state index contributed by atoms with van der Waals surface area (Å²) >= 11 is 0. The topological polar surface area (TPSA) is 66.3 Å². The SMILES string of the molecule is COc1cccc(OC)c1/C=N/OC(COC(C)=O)CC(C)C. The molecule has 0 saturated carbocycles. The van der Waals surface area contributed by atoms with Crippen LogP contribution in [0.2, 0.25) is 0 Å². The third kappa shape index (κ3) is 6.59. The summed E-state index contributed by atoms with van der Waals surface area (Å²) in [6, 6.07) is 5.46. The van der Waals surface area contributed by atoms with E-state index >= 15 is 0 Å². The van der Waals surface area contributed by atoms with Crippen molar-refractivity contribution < 1.29 is 23.8 Å². The average molecular weight is 323 g/mol. The van der Waals surface area contributed by atoms with Crippen LogP contribution in [0.25, 0.3) is 0 Å². The van der Waals surface area contributed by atoms with Gasteiger partial charge in [0.25, 0.3) is 0 Å². The fourth-order valence-electron chi connectivity index (χ4n) is 2.05. The number of ether oxygens (including phenoxy) is 3. The molecule has 0 heterocycles. The normalized spacial score (nSPS) is 12.3. The fourth-order valence-corrected chi connectivity index (χ4v) is 2.05. The number of benzene rings is 1. The van der Waals surface area contributed by atoms with E-state index in [2.05, 4.69) is 19.0 Å². The van der Waals surface area contributed by atoms with Crippen LogP contribution in [0.1, 0.15) is 32.8 Å². The van der Waals surface area contributed by atoms with Gasteiger partial charge in [-0.2, -0.15) is 0 Å². The molecule has 1 rings (SSSR count). The Balaban J connectivity index is 2.79. The molecule has 1 aromatic rings. The van der Waals surface area contributed by atoms with Gasteiger partial charge in [0.05, 0.1) is 26.0 Å². The molecule has 0 radical (unpaired) electrons. The molecule has 0 saturated heterocycles. The van der Waals surface area contributed by atoms with E-state index in [-0.39, 0.29) is 18.7 Å². The van der Waals surface area contributed by atoms with Gasteiger partial charge in [0.2, 0.25) is 0 Å². The number of carbonyl (C=O) groups excluding carboxylic acids is 1. The van der Waals surface area contributed by atoms with Gasteiger partial charge in [0.1, 0.15) is 18.1 Å². The van der Waals surface area contributed by atoms with Crippen LogP contribution in [0.3, 0.4) is 0 Å². The van der Waals surface area contributed by atoms with E-state index in [9.17, 15) is 4.79 Å². The maximum absolute atomic E-state index is 10.9. The van der Waals surface area contributed by atoms with E-state index in [1.54, 1.807) is 20.4 Å². The van der Waals surface area contributed by atoms with Crippen molar-refractivity contribution in [2.75, 3.05) is 20.8 Å². The zero-order valence-corrected chi connectivity index (χ0v) is 14.4. The molecule has 0 fully saturated rings. The van der Waals surface area contributed by atoms with Crippen molar-refractivity contribution in [3.63, 3.8) is 0 Å². The highest BCUT2D eigenvalue weighted by Crippen LogP contribution is 2.26. The molecule has 0 aromatic heterocycles. The van der Waals surface area contributed by atoms with Gasteiger partial charge in [-0.25, -0.2) is 0 Å². The molecular weight excluding hydrogens is 298 g/mol. The first-order valence-corrected chi connectivity index (χ1v) is 7.51. The second-order valence-electron chi connectivity index (χ2n) is 5.47. The standard InChI is InChI=1S/C17H25NO5/c1-12(2)9-14(11-22-13(3)19)23-18-10-15-16(20-4)7-6-8-17(15)21-5/h6-8,10,12,14H,9,11H2,1-5H3/b18-10+. The molecule has 0 spiro atoms. The number of nitrogens with zero attached hydrogens (tertiary/aromatic N) is 1. The van der Waals surface area contributed by atoms with Crippen LogP contribution < -0.4 is 9.47 Å². The second kappa shape index (κ2) is 9.71. The van der Waals surface area contributed by atoms with Gasteiger partial charge in [0, 0.05) is 6.92 Å². The smallest absolute Gasteiger partial charge is 0.302 e. The van der Waals surface area contributed by atoms with Crippen LogP contribution in [0.15, 0.2) is 23.4 Å². The van der Waals surface area contributed by atoms with Crippen LogP contribution in [0.4, 0.5) is 0 Å². The molecule has 128 valence electrons. The van der Waals surface area contributed by atoms with Gasteiger partial charge in [-0.05, 0) is 24.5 Å². The minimum absolute atomic E-state index is 0.175. The molecule has 1 unspecified atom stereocenters. The van der Waals surface area contributed by atoms with Crippen molar-refractivity contribution in [1.82, 2.24) is 0 Å². The number of rotatable bonds is 9. The van der Waals surface area contributed by atoms with Crippen LogP contribution in [-0.4, -0.2) is 39.1 Å². The Morgan fingerprint density at radius 2 is 1.83 bits per heavy atom. The Labute approximate surface area is 137 Å². The highest BCUT2D eigenvalue weighted by Gasteiger charge is 2.14. The number of hydrogen-bond acceptors (Lipinski definition) is 6. The number of oxime groups is 1. The Kier molecular flexibility index (Phi) is 7.94. The zero-order valence-electron chi connectivity index (χ0n) is 14.4. The Hall–Kier alpha value is -2.24. The largest absolute Gasteiger partial charge is 0.496 e. The molecule has 1 aromatic carbocycles. The molecule has 1 atom stereocenters. The lowest BCUT2D eigenvalue weighted by molar-refractivity contribution is -0.145. The van der Waals surface area contributed by atoms with Gasteiger partial charge >= 0.3 is 5.97 Å². The maximum Gasteiger partial charge on any atom is 0.302 e. The molecule has 0 bridgehead atoms. The summed E-state index contributed by atoms with van der Waals surface area (Å²) < 4.78 is 15.6. The minimum Gasteiger partial charge on any atom is -0.496 e. The predicted molar refractivity (Wildman–Crippen MR) is 88.1 cm³/mol. The van der Waals surface area contributed by atoms with Crippen molar-refractivity contribution in [2.45, 2.75) is 33.3 Å². The highest BCUT2D eigenvalue weighted by atomic mass is 16.7. The van der Waals surface area contributed by atoms with Gasteiger partial charge in [0.15, 0.2) is 6.10 Å². The lowest BCUT2D eigenvalue weighted by atomic mass is 10.1. The number of esters is 1. The van der Waals surface area contributed by atoms with Crippen molar-refractivity contribution in [3.05, 3.63) is 23.8 Å². The van der Waals surface area contributed by atoms with Gasteiger partial charge < -0.3 is 19.0 Å². The van der Waals surface area contributed by atoms with Gasteiger partial charge in [-0.3, -0.25) is 4.79 Å². The number of hydrogen-bond donors (Lipinski definition) is 0. The molecule has 23 heavy (non-hydrogen) atoms. The second-order valence-corrected chi connectivity index (χ2v) is 5.47. The van der Waals surface area contributed by atoms with Crippen molar-refractivity contribution >= 4 is 12.2 Å². The highest BCUT2D eigenvalue weighted by molar-refractivity contribution is 5.87. The number of carbonyl (C=O) groups is 1. The van der Waals surface area contributed by atoms with Gasteiger partial charge in [-0.15, -0.1) is 0 Å². The summed E-state index contributed by atoms with van der Waals surface area (Å²) in [5.74, 6) is 1.33. The Morgan fingerprint density at radius 1 is 1.22 bits per heavy atom. The lowest BCUT2D eigenvalue weighted by Crippen LogP contribution is -2.21.